The maximum atomic E-state index is 5.80. The third kappa shape index (κ3) is 4.69. The number of benzene rings is 2. The lowest BCUT2D eigenvalue weighted by molar-refractivity contribution is 0.0736. The van der Waals surface area contributed by atoms with E-state index in [4.69, 9.17) is 4.74 Å². The minimum atomic E-state index is 0.132. The zero-order valence-electron chi connectivity index (χ0n) is 11.0. The van der Waals surface area contributed by atoms with Gasteiger partial charge >= 0.3 is 0 Å². The molecule has 0 aliphatic heterocycles. The second-order valence-electron chi connectivity index (χ2n) is 4.36. The molecule has 100 valence electrons. The summed E-state index contributed by atoms with van der Waals surface area (Å²) < 4.78 is 6.89. The number of anilines is 1. The fraction of sp³-hybridized carbons (Fsp3) is 0.250. The number of ether oxygens (including phenoxy) is 1. The molecule has 0 aliphatic carbocycles. The molecule has 0 spiro atoms. The monoisotopic (exact) mass is 319 g/mol. The van der Waals surface area contributed by atoms with Gasteiger partial charge in [-0.3, -0.25) is 0 Å². The van der Waals surface area contributed by atoms with Crippen LogP contribution in [0, 0.1) is 0 Å². The third-order valence-corrected chi connectivity index (χ3v) is 3.44. The second-order valence-corrected chi connectivity index (χ2v) is 5.27. The molecule has 0 saturated heterocycles. The number of nitrogens with one attached hydrogen (secondary N) is 1. The van der Waals surface area contributed by atoms with E-state index in [1.54, 1.807) is 0 Å². The molecule has 2 aromatic rings. The summed E-state index contributed by atoms with van der Waals surface area (Å²) in [5.74, 6) is 0. The van der Waals surface area contributed by atoms with Crippen LogP contribution in [0.4, 0.5) is 5.69 Å². The van der Waals surface area contributed by atoms with Gasteiger partial charge in [0.1, 0.15) is 0 Å². The standard InChI is InChI=1S/C16H18BrNO/c1-13(14-5-3-2-4-6-14)19-12-11-18-16-9-7-15(17)8-10-16/h2-10,13,18H,11-12H2,1H3. The van der Waals surface area contributed by atoms with E-state index in [-0.39, 0.29) is 6.10 Å². The predicted octanol–water partition coefficient (Wildman–Crippen LogP) is 4.64. The normalized spacial score (nSPS) is 12.1. The molecule has 19 heavy (non-hydrogen) atoms. The molecule has 1 atom stereocenters. The van der Waals surface area contributed by atoms with Crippen LogP contribution in [0.25, 0.3) is 0 Å². The summed E-state index contributed by atoms with van der Waals surface area (Å²) in [6, 6.07) is 18.4. The van der Waals surface area contributed by atoms with E-state index in [1.807, 2.05) is 42.5 Å². The zero-order chi connectivity index (χ0) is 13.5. The van der Waals surface area contributed by atoms with Gasteiger partial charge in [0.2, 0.25) is 0 Å². The Morgan fingerprint density at radius 2 is 1.74 bits per heavy atom. The van der Waals surface area contributed by atoms with Crippen LogP contribution in [0.15, 0.2) is 59.1 Å². The Morgan fingerprint density at radius 3 is 2.42 bits per heavy atom. The highest BCUT2D eigenvalue weighted by Crippen LogP contribution is 2.16. The Labute approximate surface area is 122 Å². The highest BCUT2D eigenvalue weighted by atomic mass is 79.9. The predicted molar refractivity (Wildman–Crippen MR) is 83.4 cm³/mol. The first-order valence-corrected chi connectivity index (χ1v) is 7.21. The van der Waals surface area contributed by atoms with E-state index in [1.165, 1.54) is 5.56 Å². The van der Waals surface area contributed by atoms with Crippen molar-refractivity contribution in [3.05, 3.63) is 64.6 Å². The van der Waals surface area contributed by atoms with E-state index < -0.39 is 0 Å². The summed E-state index contributed by atoms with van der Waals surface area (Å²) in [6.45, 7) is 3.57. The van der Waals surface area contributed by atoms with Crippen molar-refractivity contribution in [3.63, 3.8) is 0 Å². The molecular formula is C16H18BrNO. The van der Waals surface area contributed by atoms with E-state index in [0.717, 1.165) is 16.7 Å². The SMILES string of the molecule is CC(OCCNc1ccc(Br)cc1)c1ccccc1. The first-order valence-electron chi connectivity index (χ1n) is 6.41. The van der Waals surface area contributed by atoms with Crippen molar-refractivity contribution in [3.8, 4) is 0 Å². The molecule has 1 N–H and O–H groups in total. The van der Waals surface area contributed by atoms with Gasteiger partial charge in [-0.05, 0) is 36.8 Å². The molecule has 1 unspecified atom stereocenters. The van der Waals surface area contributed by atoms with Crippen LogP contribution in [0.1, 0.15) is 18.6 Å². The molecule has 0 fully saturated rings. The Hall–Kier alpha value is -1.32. The molecule has 0 aromatic heterocycles. The first-order chi connectivity index (χ1) is 9.25. The Bertz CT molecular complexity index is 484. The highest BCUT2D eigenvalue weighted by Gasteiger charge is 2.03. The minimum Gasteiger partial charge on any atom is -0.383 e. The largest absolute Gasteiger partial charge is 0.383 e. The number of hydrogen-bond acceptors (Lipinski definition) is 2. The number of hydrogen-bond donors (Lipinski definition) is 1. The Kier molecular flexibility index (Phi) is 5.43. The summed E-state index contributed by atoms with van der Waals surface area (Å²) in [6.07, 6.45) is 0.132. The van der Waals surface area contributed by atoms with Gasteiger partial charge in [0.25, 0.3) is 0 Å². The summed E-state index contributed by atoms with van der Waals surface area (Å²) >= 11 is 3.42. The van der Waals surface area contributed by atoms with E-state index in [2.05, 4.69) is 40.3 Å². The van der Waals surface area contributed by atoms with Gasteiger partial charge in [0, 0.05) is 16.7 Å². The van der Waals surface area contributed by atoms with Gasteiger partial charge in [-0.25, -0.2) is 0 Å². The van der Waals surface area contributed by atoms with Crippen molar-refractivity contribution >= 4 is 21.6 Å². The van der Waals surface area contributed by atoms with Gasteiger partial charge in [-0.2, -0.15) is 0 Å². The maximum absolute atomic E-state index is 5.80. The fourth-order valence-electron chi connectivity index (χ4n) is 1.82. The molecule has 2 nitrogen and oxygen atoms in total. The van der Waals surface area contributed by atoms with E-state index in [0.29, 0.717) is 6.61 Å². The van der Waals surface area contributed by atoms with Crippen LogP contribution >= 0.6 is 15.9 Å². The Balaban J connectivity index is 1.71. The van der Waals surface area contributed by atoms with Crippen LogP contribution in [0.2, 0.25) is 0 Å². The van der Waals surface area contributed by atoms with Crippen LogP contribution in [-0.2, 0) is 4.74 Å². The summed E-state index contributed by atoms with van der Waals surface area (Å²) in [5, 5.41) is 3.33. The summed E-state index contributed by atoms with van der Waals surface area (Å²) in [5.41, 5.74) is 2.32. The van der Waals surface area contributed by atoms with Crippen LogP contribution in [0.3, 0.4) is 0 Å². The molecule has 0 radical (unpaired) electrons. The lowest BCUT2D eigenvalue weighted by Gasteiger charge is -2.14. The smallest absolute Gasteiger partial charge is 0.0797 e. The highest BCUT2D eigenvalue weighted by molar-refractivity contribution is 9.10. The third-order valence-electron chi connectivity index (χ3n) is 2.91. The molecule has 3 heteroatoms. The molecule has 0 saturated carbocycles. The van der Waals surface area contributed by atoms with Crippen molar-refractivity contribution in [2.75, 3.05) is 18.5 Å². The zero-order valence-corrected chi connectivity index (χ0v) is 12.6. The van der Waals surface area contributed by atoms with Gasteiger partial charge < -0.3 is 10.1 Å². The lowest BCUT2D eigenvalue weighted by atomic mass is 10.1. The van der Waals surface area contributed by atoms with Gasteiger partial charge in [-0.1, -0.05) is 46.3 Å². The van der Waals surface area contributed by atoms with Crippen molar-refractivity contribution in [2.24, 2.45) is 0 Å². The first kappa shape index (κ1) is 14.1. The van der Waals surface area contributed by atoms with Crippen molar-refractivity contribution in [1.29, 1.82) is 0 Å². The van der Waals surface area contributed by atoms with Crippen molar-refractivity contribution in [1.82, 2.24) is 0 Å². The number of rotatable bonds is 6. The van der Waals surface area contributed by atoms with Gasteiger partial charge in [-0.15, -0.1) is 0 Å². The minimum absolute atomic E-state index is 0.132. The average molecular weight is 320 g/mol. The van der Waals surface area contributed by atoms with Crippen LogP contribution in [-0.4, -0.2) is 13.2 Å². The molecule has 2 aromatic carbocycles. The van der Waals surface area contributed by atoms with Crippen LogP contribution in [0.5, 0.6) is 0 Å². The molecule has 2 rings (SSSR count). The van der Waals surface area contributed by atoms with E-state index in [9.17, 15) is 0 Å². The molecule has 0 bridgehead atoms. The van der Waals surface area contributed by atoms with Gasteiger partial charge in [0.15, 0.2) is 0 Å². The molecule has 0 aliphatic rings. The summed E-state index contributed by atoms with van der Waals surface area (Å²) in [7, 11) is 0. The quantitative estimate of drug-likeness (QED) is 0.783. The molecule has 0 heterocycles. The lowest BCUT2D eigenvalue weighted by Crippen LogP contribution is -2.11. The molecule has 0 amide bonds. The van der Waals surface area contributed by atoms with Crippen molar-refractivity contribution < 1.29 is 4.74 Å². The van der Waals surface area contributed by atoms with Crippen molar-refractivity contribution in [2.45, 2.75) is 13.0 Å². The molecular weight excluding hydrogens is 302 g/mol. The van der Waals surface area contributed by atoms with E-state index >= 15 is 0 Å². The second kappa shape index (κ2) is 7.31. The average Bonchev–Trinajstić information content (AvgIpc) is 2.46. The topological polar surface area (TPSA) is 21.3 Å². The maximum Gasteiger partial charge on any atom is 0.0797 e. The number of halogens is 1. The Morgan fingerprint density at radius 1 is 1.05 bits per heavy atom. The summed E-state index contributed by atoms with van der Waals surface area (Å²) in [4.78, 5) is 0. The fourth-order valence-corrected chi connectivity index (χ4v) is 2.08. The van der Waals surface area contributed by atoms with Gasteiger partial charge in [0.05, 0.1) is 12.7 Å². The van der Waals surface area contributed by atoms with Crippen LogP contribution < -0.4 is 5.32 Å².